The van der Waals surface area contributed by atoms with Gasteiger partial charge in [-0.25, -0.2) is 5.01 Å². The summed E-state index contributed by atoms with van der Waals surface area (Å²) in [5, 5.41) is 12.3. The predicted octanol–water partition coefficient (Wildman–Crippen LogP) is 4.50. The highest BCUT2D eigenvalue weighted by Gasteiger charge is 2.27. The van der Waals surface area contributed by atoms with Gasteiger partial charge in [0, 0.05) is 44.3 Å². The summed E-state index contributed by atoms with van der Waals surface area (Å²) >= 11 is 0. The summed E-state index contributed by atoms with van der Waals surface area (Å²) in [7, 11) is 1.82. The Bertz CT molecular complexity index is 1200. The summed E-state index contributed by atoms with van der Waals surface area (Å²) in [4.78, 5) is 28.2. The molecule has 4 rings (SSSR count). The maximum absolute atomic E-state index is 13.5. The molecule has 1 aromatic heterocycles. The van der Waals surface area contributed by atoms with Crippen LogP contribution in [0.15, 0.2) is 42.6 Å². The van der Waals surface area contributed by atoms with Crippen molar-refractivity contribution in [3.63, 3.8) is 0 Å². The zero-order valence-corrected chi connectivity index (χ0v) is 22.0. The normalized spacial score (nSPS) is 12.8. The fourth-order valence-corrected chi connectivity index (χ4v) is 4.82. The minimum absolute atomic E-state index is 0. The van der Waals surface area contributed by atoms with E-state index in [1.165, 1.54) is 11.1 Å². The number of unbranched alkanes of at least 4 members (excludes halogenated alkanes) is 2. The van der Waals surface area contributed by atoms with Gasteiger partial charge in [-0.3, -0.25) is 19.3 Å². The third-order valence-corrected chi connectivity index (χ3v) is 6.97. The number of anilines is 1. The molecule has 1 N–H and O–H groups in total. The molecule has 2 heterocycles. The van der Waals surface area contributed by atoms with Crippen LogP contribution in [0.2, 0.25) is 0 Å². The first kappa shape index (κ1) is 28.2. The fraction of sp³-hybridized carbons (Fsp3) is 0.483. The van der Waals surface area contributed by atoms with Crippen LogP contribution in [0.5, 0.6) is 0 Å². The standard InChI is InChI=1S/C28H38N6O2.CH4/c1-5-7-10-13-29-27(35)19-32(25-15-24-16-30-34(6-2)26(24)14-21(25)3)20-28(36)31(4)33-17-22-11-8-9-12-23(22)18-33;/h8-9,11-12,14-16H,5-7,10,13,17-20H2,1-4H3,(H,29,35);1H4. The van der Waals surface area contributed by atoms with E-state index in [1.54, 1.807) is 5.01 Å². The van der Waals surface area contributed by atoms with E-state index in [0.717, 1.165) is 48.0 Å². The van der Waals surface area contributed by atoms with E-state index in [0.29, 0.717) is 19.6 Å². The van der Waals surface area contributed by atoms with Gasteiger partial charge >= 0.3 is 0 Å². The van der Waals surface area contributed by atoms with Crippen LogP contribution in [0.1, 0.15) is 57.2 Å². The first-order chi connectivity index (χ1) is 17.4. The zero-order valence-electron chi connectivity index (χ0n) is 22.0. The van der Waals surface area contributed by atoms with Gasteiger partial charge in [0.15, 0.2) is 0 Å². The number of hydrogen-bond acceptors (Lipinski definition) is 5. The summed E-state index contributed by atoms with van der Waals surface area (Å²) in [5.41, 5.74) is 5.44. The molecule has 1 aliphatic heterocycles. The Morgan fingerprint density at radius 3 is 2.41 bits per heavy atom. The highest BCUT2D eigenvalue weighted by atomic mass is 16.2. The molecule has 0 spiro atoms. The van der Waals surface area contributed by atoms with Gasteiger partial charge in [-0.2, -0.15) is 5.10 Å². The van der Waals surface area contributed by atoms with E-state index in [9.17, 15) is 9.59 Å². The Morgan fingerprint density at radius 1 is 1.05 bits per heavy atom. The Balaban J connectivity index is 0.00000380. The number of fused-ring (bicyclic) bond motifs is 2. The summed E-state index contributed by atoms with van der Waals surface area (Å²) in [6.45, 7) is 9.32. The predicted molar refractivity (Wildman–Crippen MR) is 150 cm³/mol. The summed E-state index contributed by atoms with van der Waals surface area (Å²) in [6, 6.07) is 12.4. The number of rotatable bonds is 11. The third-order valence-electron chi connectivity index (χ3n) is 6.97. The second-order valence-corrected chi connectivity index (χ2v) is 9.58. The van der Waals surface area contributed by atoms with Crippen LogP contribution in [0.25, 0.3) is 10.9 Å². The zero-order chi connectivity index (χ0) is 25.7. The SMILES string of the molecule is C.CCCCCNC(=O)CN(CC(=O)N(C)N1Cc2ccccc2C1)c1cc2cnn(CC)c2cc1C. The molecule has 1 aliphatic rings. The minimum atomic E-state index is -0.0705. The lowest BCUT2D eigenvalue weighted by molar-refractivity contribution is -0.145. The number of nitrogens with zero attached hydrogens (tertiary/aromatic N) is 5. The Kier molecular flexibility index (Phi) is 9.69. The average Bonchev–Trinajstić information content (AvgIpc) is 3.48. The summed E-state index contributed by atoms with van der Waals surface area (Å²) in [5.74, 6) is -0.121. The Morgan fingerprint density at radius 2 is 1.76 bits per heavy atom. The van der Waals surface area contributed by atoms with E-state index in [1.807, 2.05) is 47.9 Å². The van der Waals surface area contributed by atoms with Crippen LogP contribution in [0, 0.1) is 6.92 Å². The van der Waals surface area contributed by atoms with Crippen molar-refractivity contribution in [2.24, 2.45) is 0 Å². The van der Waals surface area contributed by atoms with Crippen molar-refractivity contribution in [2.45, 2.75) is 67.1 Å². The molecule has 0 fully saturated rings. The van der Waals surface area contributed by atoms with Gasteiger partial charge in [-0.15, -0.1) is 0 Å². The third kappa shape index (κ3) is 6.49. The molecule has 8 nitrogen and oxygen atoms in total. The molecule has 0 aliphatic carbocycles. The van der Waals surface area contributed by atoms with E-state index in [-0.39, 0.29) is 32.3 Å². The van der Waals surface area contributed by atoms with Crippen LogP contribution in [0.3, 0.4) is 0 Å². The quantitative estimate of drug-likeness (QED) is 0.388. The van der Waals surface area contributed by atoms with Gasteiger partial charge in [0.25, 0.3) is 5.91 Å². The van der Waals surface area contributed by atoms with Crippen LogP contribution in [-0.2, 0) is 29.2 Å². The number of benzene rings is 2. The van der Waals surface area contributed by atoms with Gasteiger partial charge in [0.1, 0.15) is 0 Å². The monoisotopic (exact) mass is 506 g/mol. The van der Waals surface area contributed by atoms with E-state index >= 15 is 0 Å². The molecule has 0 radical (unpaired) electrons. The number of carbonyl (C=O) groups excluding carboxylic acids is 2. The lowest BCUT2D eigenvalue weighted by Crippen LogP contribution is -2.48. The Labute approximate surface area is 221 Å². The van der Waals surface area contributed by atoms with E-state index in [2.05, 4.69) is 47.5 Å². The van der Waals surface area contributed by atoms with Crippen LogP contribution in [0.4, 0.5) is 5.69 Å². The first-order valence-electron chi connectivity index (χ1n) is 13.0. The second kappa shape index (κ2) is 12.7. The van der Waals surface area contributed by atoms with Crippen molar-refractivity contribution < 1.29 is 9.59 Å². The topological polar surface area (TPSA) is 73.7 Å². The molecular weight excluding hydrogens is 464 g/mol. The summed E-state index contributed by atoms with van der Waals surface area (Å²) < 4.78 is 1.96. The van der Waals surface area contributed by atoms with Crippen LogP contribution < -0.4 is 10.2 Å². The van der Waals surface area contributed by atoms with Crippen molar-refractivity contribution in [3.05, 3.63) is 59.3 Å². The molecule has 2 amide bonds. The van der Waals surface area contributed by atoms with Gasteiger partial charge in [0.05, 0.1) is 24.8 Å². The molecule has 3 aromatic rings. The van der Waals surface area contributed by atoms with E-state index < -0.39 is 0 Å². The molecule has 0 saturated carbocycles. The van der Waals surface area contributed by atoms with E-state index in [4.69, 9.17) is 0 Å². The minimum Gasteiger partial charge on any atom is -0.355 e. The molecule has 2 aromatic carbocycles. The highest BCUT2D eigenvalue weighted by Crippen LogP contribution is 2.28. The van der Waals surface area contributed by atoms with Crippen molar-refractivity contribution in [2.75, 3.05) is 31.6 Å². The van der Waals surface area contributed by atoms with Gasteiger partial charge < -0.3 is 10.2 Å². The second-order valence-electron chi connectivity index (χ2n) is 9.58. The fourth-order valence-electron chi connectivity index (χ4n) is 4.82. The van der Waals surface area contributed by atoms with Gasteiger partial charge in [0.2, 0.25) is 5.91 Å². The molecule has 37 heavy (non-hydrogen) atoms. The maximum atomic E-state index is 13.5. The number of hydrogen-bond donors (Lipinski definition) is 1. The smallest absolute Gasteiger partial charge is 0.256 e. The molecule has 0 saturated heterocycles. The number of likely N-dealkylation sites (N-methyl/N-ethyl adjacent to an activating group) is 1. The largest absolute Gasteiger partial charge is 0.355 e. The Hall–Kier alpha value is -3.39. The van der Waals surface area contributed by atoms with Gasteiger partial charge in [-0.1, -0.05) is 51.5 Å². The number of aryl methyl sites for hydroxylation is 2. The number of carbonyl (C=O) groups is 2. The molecule has 0 atom stereocenters. The number of aromatic nitrogens is 2. The molecule has 8 heteroatoms. The average molecular weight is 507 g/mol. The van der Waals surface area contributed by atoms with Crippen molar-refractivity contribution in [1.82, 2.24) is 25.1 Å². The van der Waals surface area contributed by atoms with Crippen LogP contribution >= 0.6 is 0 Å². The highest BCUT2D eigenvalue weighted by molar-refractivity contribution is 5.90. The lowest BCUT2D eigenvalue weighted by Gasteiger charge is -2.32. The molecule has 200 valence electrons. The van der Waals surface area contributed by atoms with Crippen molar-refractivity contribution >= 4 is 28.4 Å². The summed E-state index contributed by atoms with van der Waals surface area (Å²) in [6.07, 6.45) is 5.00. The van der Waals surface area contributed by atoms with Gasteiger partial charge in [-0.05, 0) is 49.1 Å². The number of nitrogens with one attached hydrogen (secondary N) is 1. The van der Waals surface area contributed by atoms with Crippen LogP contribution in [-0.4, -0.2) is 58.3 Å². The molecule has 0 unspecified atom stereocenters. The molecule has 0 bridgehead atoms. The number of amides is 2. The van der Waals surface area contributed by atoms with Crippen molar-refractivity contribution in [3.8, 4) is 0 Å². The molecular formula is C29H42N6O2. The maximum Gasteiger partial charge on any atom is 0.256 e. The number of hydrazine groups is 1. The van der Waals surface area contributed by atoms with Crippen molar-refractivity contribution in [1.29, 1.82) is 0 Å². The lowest BCUT2D eigenvalue weighted by atomic mass is 10.1. The first-order valence-corrected chi connectivity index (χ1v) is 13.0.